The van der Waals surface area contributed by atoms with Gasteiger partial charge in [-0.2, -0.15) is 0 Å². The molecule has 0 unspecified atom stereocenters. The zero-order chi connectivity index (χ0) is 26.5. The Hall–Kier alpha value is -3.79. The Morgan fingerprint density at radius 2 is 1.79 bits per heavy atom. The van der Waals surface area contributed by atoms with Crippen LogP contribution in [-0.4, -0.2) is 52.5 Å². The van der Waals surface area contributed by atoms with Gasteiger partial charge in [0.05, 0.1) is 21.7 Å². The number of nitrogens with zero attached hydrogens (tertiary/aromatic N) is 4. The molecule has 0 saturated carbocycles. The SMILES string of the molecule is CCNc1cc2nc(NCc3ccccc3)nc(-c3ccccc3Cl)c2c(CN2CCNCC2)c1[N+](=O)[O-]. The van der Waals surface area contributed by atoms with E-state index in [4.69, 9.17) is 21.6 Å². The molecule has 1 aromatic heterocycles. The van der Waals surface area contributed by atoms with Crippen molar-refractivity contribution >= 4 is 39.8 Å². The molecule has 196 valence electrons. The fourth-order valence-electron chi connectivity index (χ4n) is 4.85. The van der Waals surface area contributed by atoms with Crippen LogP contribution in [0.4, 0.5) is 17.3 Å². The summed E-state index contributed by atoms with van der Waals surface area (Å²) in [5.41, 5.74) is 4.09. The molecule has 0 radical (unpaired) electrons. The van der Waals surface area contributed by atoms with Crippen LogP contribution in [0.5, 0.6) is 0 Å². The number of nitrogens with one attached hydrogen (secondary N) is 3. The lowest BCUT2D eigenvalue weighted by Crippen LogP contribution is -2.43. The van der Waals surface area contributed by atoms with E-state index in [1.165, 1.54) is 0 Å². The first kappa shape index (κ1) is 25.8. The average Bonchev–Trinajstić information content (AvgIpc) is 2.93. The molecule has 0 atom stereocenters. The molecule has 1 aliphatic rings. The van der Waals surface area contributed by atoms with E-state index in [-0.39, 0.29) is 10.6 Å². The largest absolute Gasteiger partial charge is 0.380 e. The summed E-state index contributed by atoms with van der Waals surface area (Å²) in [4.78, 5) is 24.2. The molecule has 1 saturated heterocycles. The van der Waals surface area contributed by atoms with Gasteiger partial charge in [0, 0.05) is 61.8 Å². The number of nitro groups is 1. The molecule has 1 aliphatic heterocycles. The molecule has 38 heavy (non-hydrogen) atoms. The Morgan fingerprint density at radius 1 is 1.05 bits per heavy atom. The Kier molecular flexibility index (Phi) is 7.97. The quantitative estimate of drug-likeness (QED) is 0.197. The molecule has 4 aromatic rings. The first-order valence-corrected chi connectivity index (χ1v) is 13.1. The van der Waals surface area contributed by atoms with Gasteiger partial charge in [0.15, 0.2) is 0 Å². The van der Waals surface area contributed by atoms with Crippen LogP contribution < -0.4 is 16.0 Å². The van der Waals surface area contributed by atoms with Gasteiger partial charge in [-0.1, -0.05) is 60.1 Å². The average molecular weight is 532 g/mol. The van der Waals surface area contributed by atoms with Gasteiger partial charge in [-0.3, -0.25) is 15.0 Å². The van der Waals surface area contributed by atoms with E-state index in [0.717, 1.165) is 31.7 Å². The molecular formula is C28H30ClN7O2. The van der Waals surface area contributed by atoms with E-state index >= 15 is 0 Å². The maximum Gasteiger partial charge on any atom is 0.297 e. The van der Waals surface area contributed by atoms with E-state index < -0.39 is 0 Å². The minimum atomic E-state index is -0.299. The lowest BCUT2D eigenvalue weighted by Gasteiger charge is -2.28. The number of hydrogen-bond donors (Lipinski definition) is 3. The predicted molar refractivity (Wildman–Crippen MR) is 153 cm³/mol. The zero-order valence-electron chi connectivity index (χ0n) is 21.2. The summed E-state index contributed by atoms with van der Waals surface area (Å²) in [6.45, 7) is 6.67. The van der Waals surface area contributed by atoms with Crippen LogP contribution in [0.2, 0.25) is 5.02 Å². The number of rotatable bonds is 9. The standard InChI is InChI=1S/C28H30ClN7O2/c1-2-31-24-16-23-25(21(27(24)36(37)38)18-35-14-12-30-13-15-35)26(20-10-6-7-11-22(20)29)34-28(33-23)32-17-19-8-4-3-5-9-19/h3-11,16,30-31H,2,12-15,17-18H2,1H3,(H,32,33,34). The minimum Gasteiger partial charge on any atom is -0.380 e. The van der Waals surface area contributed by atoms with Crippen LogP contribution in [0.3, 0.4) is 0 Å². The van der Waals surface area contributed by atoms with Crippen molar-refractivity contribution in [3.8, 4) is 11.3 Å². The summed E-state index contributed by atoms with van der Waals surface area (Å²) < 4.78 is 0. The third kappa shape index (κ3) is 5.55. The highest BCUT2D eigenvalue weighted by Gasteiger charge is 2.29. The van der Waals surface area contributed by atoms with Crippen molar-refractivity contribution in [2.24, 2.45) is 0 Å². The molecule has 10 heteroatoms. The molecule has 0 amide bonds. The highest BCUT2D eigenvalue weighted by molar-refractivity contribution is 6.33. The first-order valence-electron chi connectivity index (χ1n) is 12.8. The number of anilines is 2. The smallest absolute Gasteiger partial charge is 0.297 e. The summed E-state index contributed by atoms with van der Waals surface area (Å²) in [6, 6.07) is 19.2. The van der Waals surface area contributed by atoms with Crippen molar-refractivity contribution in [2.45, 2.75) is 20.0 Å². The second-order valence-electron chi connectivity index (χ2n) is 9.17. The maximum atomic E-state index is 12.5. The molecule has 0 spiro atoms. The molecule has 2 heterocycles. The van der Waals surface area contributed by atoms with E-state index in [2.05, 4.69) is 20.9 Å². The topological polar surface area (TPSA) is 108 Å². The predicted octanol–water partition coefficient (Wildman–Crippen LogP) is 5.31. The van der Waals surface area contributed by atoms with Crippen LogP contribution in [0.25, 0.3) is 22.2 Å². The van der Waals surface area contributed by atoms with Crippen LogP contribution >= 0.6 is 11.6 Å². The van der Waals surface area contributed by atoms with Gasteiger partial charge in [-0.05, 0) is 24.6 Å². The monoisotopic (exact) mass is 531 g/mol. The van der Waals surface area contributed by atoms with Gasteiger partial charge < -0.3 is 16.0 Å². The number of benzene rings is 3. The molecular weight excluding hydrogens is 502 g/mol. The van der Waals surface area contributed by atoms with Crippen molar-refractivity contribution in [1.29, 1.82) is 0 Å². The third-order valence-corrected chi connectivity index (χ3v) is 6.95. The second-order valence-corrected chi connectivity index (χ2v) is 9.58. The lowest BCUT2D eigenvalue weighted by atomic mass is 9.98. The molecule has 0 aliphatic carbocycles. The van der Waals surface area contributed by atoms with Gasteiger partial charge >= 0.3 is 0 Å². The number of halogens is 1. The van der Waals surface area contributed by atoms with Crippen molar-refractivity contribution < 1.29 is 4.92 Å². The normalized spacial score (nSPS) is 13.9. The van der Waals surface area contributed by atoms with Gasteiger partial charge in [0.2, 0.25) is 5.95 Å². The maximum absolute atomic E-state index is 12.5. The molecule has 9 nitrogen and oxygen atoms in total. The van der Waals surface area contributed by atoms with E-state index in [1.807, 2.05) is 55.5 Å². The van der Waals surface area contributed by atoms with Crippen molar-refractivity contribution in [3.63, 3.8) is 0 Å². The van der Waals surface area contributed by atoms with Gasteiger partial charge in [-0.15, -0.1) is 0 Å². The van der Waals surface area contributed by atoms with Crippen LogP contribution in [0.1, 0.15) is 18.1 Å². The summed E-state index contributed by atoms with van der Waals surface area (Å²) in [5.74, 6) is 0.431. The Morgan fingerprint density at radius 3 is 2.50 bits per heavy atom. The number of aromatic nitrogens is 2. The van der Waals surface area contributed by atoms with Crippen LogP contribution in [0, 0.1) is 10.1 Å². The highest BCUT2D eigenvalue weighted by atomic mass is 35.5. The fourth-order valence-corrected chi connectivity index (χ4v) is 5.08. The number of nitro benzene ring substituents is 1. The van der Waals surface area contributed by atoms with Crippen LogP contribution in [0.15, 0.2) is 60.7 Å². The third-order valence-electron chi connectivity index (χ3n) is 6.62. The second kappa shape index (κ2) is 11.7. The number of piperazine rings is 1. The summed E-state index contributed by atoms with van der Waals surface area (Å²) in [7, 11) is 0. The van der Waals surface area contributed by atoms with Crippen LogP contribution in [-0.2, 0) is 13.1 Å². The lowest BCUT2D eigenvalue weighted by molar-refractivity contribution is -0.384. The van der Waals surface area contributed by atoms with Crippen molar-refractivity contribution in [1.82, 2.24) is 20.2 Å². The molecule has 3 aromatic carbocycles. The van der Waals surface area contributed by atoms with Crippen molar-refractivity contribution in [2.75, 3.05) is 43.4 Å². The van der Waals surface area contributed by atoms with Gasteiger partial charge in [0.25, 0.3) is 5.69 Å². The summed E-state index contributed by atoms with van der Waals surface area (Å²) >= 11 is 6.67. The number of hydrogen-bond acceptors (Lipinski definition) is 8. The van der Waals surface area contributed by atoms with Gasteiger partial charge in [-0.25, -0.2) is 9.97 Å². The number of fused-ring (bicyclic) bond motifs is 1. The molecule has 1 fully saturated rings. The Bertz CT molecular complexity index is 1440. The first-order chi connectivity index (χ1) is 18.5. The Balaban J connectivity index is 1.74. The minimum absolute atomic E-state index is 0.0554. The molecule has 3 N–H and O–H groups in total. The van der Waals surface area contributed by atoms with E-state index in [1.54, 1.807) is 12.1 Å². The van der Waals surface area contributed by atoms with E-state index in [9.17, 15) is 10.1 Å². The summed E-state index contributed by atoms with van der Waals surface area (Å²) in [6.07, 6.45) is 0. The van der Waals surface area contributed by atoms with Gasteiger partial charge in [0.1, 0.15) is 5.69 Å². The summed E-state index contributed by atoms with van der Waals surface area (Å²) in [5, 5.41) is 23.5. The van der Waals surface area contributed by atoms with E-state index in [0.29, 0.717) is 64.0 Å². The van der Waals surface area contributed by atoms with Crippen molar-refractivity contribution in [3.05, 3.63) is 86.9 Å². The fraction of sp³-hybridized carbons (Fsp3) is 0.286. The molecule has 5 rings (SSSR count). The Labute approximate surface area is 226 Å². The highest BCUT2D eigenvalue weighted by Crippen LogP contribution is 2.41. The zero-order valence-corrected chi connectivity index (χ0v) is 22.0. The molecule has 0 bridgehead atoms.